The number of hydrogen-bond donors (Lipinski definition) is 2. The van der Waals surface area contributed by atoms with Crippen LogP contribution in [0.15, 0.2) is 18.2 Å². The number of halogens is 1. The van der Waals surface area contributed by atoms with Crippen molar-refractivity contribution in [3.05, 3.63) is 28.8 Å². The molecule has 1 aromatic carbocycles. The quantitative estimate of drug-likeness (QED) is 0.778. The van der Waals surface area contributed by atoms with Crippen LogP contribution in [0.5, 0.6) is 0 Å². The molecule has 1 fully saturated rings. The molecule has 0 heterocycles. The molecule has 2 rings (SSSR count). The molecule has 86 valence electrons. The number of nitrogens with two attached hydrogens (primary N) is 1. The van der Waals surface area contributed by atoms with Crippen molar-refractivity contribution in [3.8, 4) is 0 Å². The third kappa shape index (κ3) is 2.30. The number of hydrogen-bond acceptors (Lipinski definition) is 2. The summed E-state index contributed by atoms with van der Waals surface area (Å²) >= 11 is 5.96. The van der Waals surface area contributed by atoms with E-state index in [1.54, 1.807) is 18.2 Å². The van der Waals surface area contributed by atoms with Crippen molar-refractivity contribution in [2.45, 2.75) is 25.8 Å². The molecule has 0 radical (unpaired) electrons. The van der Waals surface area contributed by atoms with E-state index in [0.29, 0.717) is 28.2 Å². The number of nitrogens with one attached hydrogen (secondary N) is 1. The minimum Gasteiger partial charge on any atom is -0.399 e. The molecule has 0 atom stereocenters. The number of rotatable bonds is 2. The summed E-state index contributed by atoms with van der Waals surface area (Å²) in [6.45, 7) is 2.18. The van der Waals surface area contributed by atoms with E-state index >= 15 is 0 Å². The van der Waals surface area contributed by atoms with Crippen molar-refractivity contribution in [1.29, 1.82) is 0 Å². The minimum absolute atomic E-state index is 0.109. The van der Waals surface area contributed by atoms with E-state index in [9.17, 15) is 4.79 Å². The second kappa shape index (κ2) is 4.34. The van der Waals surface area contributed by atoms with E-state index in [1.807, 2.05) is 0 Å². The van der Waals surface area contributed by atoms with Crippen LogP contribution in [0.3, 0.4) is 0 Å². The van der Waals surface area contributed by atoms with Crippen LogP contribution in [-0.2, 0) is 0 Å². The van der Waals surface area contributed by atoms with Gasteiger partial charge in [-0.05, 0) is 37.0 Å². The molecule has 0 aromatic heterocycles. The van der Waals surface area contributed by atoms with Gasteiger partial charge in [-0.2, -0.15) is 0 Å². The molecule has 1 aliphatic rings. The first-order chi connectivity index (χ1) is 7.56. The molecule has 0 unspecified atom stereocenters. The molecule has 1 aliphatic carbocycles. The van der Waals surface area contributed by atoms with Gasteiger partial charge in [0.15, 0.2) is 0 Å². The van der Waals surface area contributed by atoms with Gasteiger partial charge < -0.3 is 11.1 Å². The van der Waals surface area contributed by atoms with Gasteiger partial charge in [-0.3, -0.25) is 4.79 Å². The summed E-state index contributed by atoms with van der Waals surface area (Å²) in [4.78, 5) is 11.9. The van der Waals surface area contributed by atoms with Crippen LogP contribution < -0.4 is 11.1 Å². The molecular weight excluding hydrogens is 224 g/mol. The minimum atomic E-state index is -0.109. The van der Waals surface area contributed by atoms with Crippen LogP contribution in [0.1, 0.15) is 30.1 Å². The largest absolute Gasteiger partial charge is 0.399 e. The van der Waals surface area contributed by atoms with Crippen molar-refractivity contribution < 1.29 is 4.79 Å². The summed E-state index contributed by atoms with van der Waals surface area (Å²) in [5.41, 5.74) is 6.63. The highest BCUT2D eigenvalue weighted by Crippen LogP contribution is 2.27. The van der Waals surface area contributed by atoms with Crippen LogP contribution in [-0.4, -0.2) is 11.9 Å². The lowest BCUT2D eigenvalue weighted by Crippen LogP contribution is -2.43. The Morgan fingerprint density at radius 3 is 2.75 bits per heavy atom. The van der Waals surface area contributed by atoms with Crippen LogP contribution in [0.4, 0.5) is 5.69 Å². The fraction of sp³-hybridized carbons (Fsp3) is 0.417. The van der Waals surface area contributed by atoms with Gasteiger partial charge in [0.05, 0.1) is 10.6 Å². The van der Waals surface area contributed by atoms with Gasteiger partial charge in [-0.15, -0.1) is 0 Å². The van der Waals surface area contributed by atoms with E-state index in [4.69, 9.17) is 17.3 Å². The first-order valence-electron chi connectivity index (χ1n) is 5.42. The first kappa shape index (κ1) is 11.3. The molecule has 3 N–H and O–H groups in total. The summed E-state index contributed by atoms with van der Waals surface area (Å²) in [6, 6.07) is 5.25. The topological polar surface area (TPSA) is 55.1 Å². The zero-order chi connectivity index (χ0) is 11.7. The van der Waals surface area contributed by atoms with E-state index < -0.39 is 0 Å². The van der Waals surface area contributed by atoms with E-state index in [2.05, 4.69) is 12.2 Å². The number of carbonyl (C=O) groups is 1. The monoisotopic (exact) mass is 238 g/mol. The van der Waals surface area contributed by atoms with Crippen molar-refractivity contribution in [2.75, 3.05) is 5.73 Å². The molecule has 4 heteroatoms. The van der Waals surface area contributed by atoms with Crippen LogP contribution in [0, 0.1) is 5.92 Å². The van der Waals surface area contributed by atoms with Gasteiger partial charge in [0.1, 0.15) is 0 Å². The number of nitrogen functional groups attached to an aromatic ring is 1. The Morgan fingerprint density at radius 2 is 2.19 bits per heavy atom. The van der Waals surface area contributed by atoms with Crippen LogP contribution in [0.25, 0.3) is 0 Å². The fourth-order valence-electron chi connectivity index (χ4n) is 2.00. The molecule has 16 heavy (non-hydrogen) atoms. The Bertz CT molecular complexity index is 413. The second-order valence-electron chi connectivity index (χ2n) is 4.49. The Labute approximate surface area is 100.0 Å². The predicted octanol–water partition coefficient (Wildman–Crippen LogP) is 2.45. The van der Waals surface area contributed by atoms with Gasteiger partial charge in [-0.1, -0.05) is 18.5 Å². The summed E-state index contributed by atoms with van der Waals surface area (Å²) in [5, 5.41) is 3.37. The average Bonchev–Trinajstić information content (AvgIpc) is 2.15. The molecule has 0 bridgehead atoms. The first-order valence-corrected chi connectivity index (χ1v) is 5.80. The van der Waals surface area contributed by atoms with Crippen molar-refractivity contribution in [3.63, 3.8) is 0 Å². The Balaban J connectivity index is 2.03. The molecule has 1 amide bonds. The molecule has 0 aliphatic heterocycles. The van der Waals surface area contributed by atoms with Gasteiger partial charge in [0.2, 0.25) is 0 Å². The molecular formula is C12H15ClN2O. The van der Waals surface area contributed by atoms with Gasteiger partial charge in [0, 0.05) is 11.7 Å². The number of benzene rings is 1. The lowest BCUT2D eigenvalue weighted by atomic mass is 9.82. The second-order valence-corrected chi connectivity index (χ2v) is 4.89. The Kier molecular flexibility index (Phi) is 3.06. The molecule has 3 nitrogen and oxygen atoms in total. The highest BCUT2D eigenvalue weighted by molar-refractivity contribution is 6.34. The SMILES string of the molecule is CC1CC(NC(=O)c2ccc(N)cc2Cl)C1. The number of anilines is 1. The highest BCUT2D eigenvalue weighted by Gasteiger charge is 2.27. The van der Waals surface area contributed by atoms with E-state index in [-0.39, 0.29) is 5.91 Å². The maximum absolute atomic E-state index is 11.9. The van der Waals surface area contributed by atoms with E-state index in [1.165, 1.54) is 0 Å². The maximum atomic E-state index is 11.9. The lowest BCUT2D eigenvalue weighted by Gasteiger charge is -2.33. The fourth-order valence-corrected chi connectivity index (χ4v) is 2.27. The van der Waals surface area contributed by atoms with Crippen LogP contribution in [0.2, 0.25) is 5.02 Å². The summed E-state index contributed by atoms with van der Waals surface area (Å²) in [5.74, 6) is 0.606. The average molecular weight is 239 g/mol. The lowest BCUT2D eigenvalue weighted by molar-refractivity contribution is 0.0896. The Morgan fingerprint density at radius 1 is 1.50 bits per heavy atom. The summed E-state index contributed by atoms with van der Waals surface area (Å²) in [6.07, 6.45) is 2.11. The number of amides is 1. The summed E-state index contributed by atoms with van der Waals surface area (Å²) < 4.78 is 0. The van der Waals surface area contributed by atoms with E-state index in [0.717, 1.165) is 12.8 Å². The van der Waals surface area contributed by atoms with Crippen molar-refractivity contribution in [1.82, 2.24) is 5.32 Å². The third-order valence-corrected chi connectivity index (χ3v) is 3.26. The van der Waals surface area contributed by atoms with Crippen LogP contribution >= 0.6 is 11.6 Å². The highest BCUT2D eigenvalue weighted by atomic mass is 35.5. The standard InChI is InChI=1S/C12H15ClN2O/c1-7-4-9(5-7)15-12(16)10-3-2-8(14)6-11(10)13/h2-3,6-7,9H,4-5,14H2,1H3,(H,15,16). The normalized spacial score (nSPS) is 23.6. The molecule has 0 spiro atoms. The maximum Gasteiger partial charge on any atom is 0.253 e. The number of carbonyl (C=O) groups excluding carboxylic acids is 1. The predicted molar refractivity (Wildman–Crippen MR) is 65.5 cm³/mol. The molecule has 1 aromatic rings. The Hall–Kier alpha value is -1.22. The van der Waals surface area contributed by atoms with Crippen molar-refractivity contribution in [2.24, 2.45) is 5.92 Å². The zero-order valence-electron chi connectivity index (χ0n) is 9.16. The van der Waals surface area contributed by atoms with Crippen molar-refractivity contribution >= 4 is 23.2 Å². The van der Waals surface area contributed by atoms with Gasteiger partial charge >= 0.3 is 0 Å². The third-order valence-electron chi connectivity index (χ3n) is 2.95. The summed E-state index contributed by atoms with van der Waals surface area (Å²) in [7, 11) is 0. The zero-order valence-corrected chi connectivity index (χ0v) is 9.92. The smallest absolute Gasteiger partial charge is 0.253 e. The van der Waals surface area contributed by atoms with Gasteiger partial charge in [-0.25, -0.2) is 0 Å². The van der Waals surface area contributed by atoms with Gasteiger partial charge in [0.25, 0.3) is 5.91 Å². The molecule has 0 saturated heterocycles. The molecule has 1 saturated carbocycles.